The van der Waals surface area contributed by atoms with Crippen LogP contribution in [-0.4, -0.2) is 18.0 Å². The second-order valence-electron chi connectivity index (χ2n) is 4.91. The Morgan fingerprint density at radius 3 is 2.15 bits per heavy atom. The first-order valence-electron chi connectivity index (χ1n) is 7.04. The summed E-state index contributed by atoms with van der Waals surface area (Å²) in [5, 5.41) is 9.41. The van der Waals surface area contributed by atoms with Crippen molar-refractivity contribution in [3.63, 3.8) is 0 Å². The molecule has 2 heteroatoms. The van der Waals surface area contributed by atoms with Crippen molar-refractivity contribution in [1.82, 2.24) is 4.90 Å². The zero-order valence-corrected chi connectivity index (χ0v) is 11.9. The first-order chi connectivity index (χ1) is 9.83. The minimum Gasteiger partial charge on any atom is -0.298 e. The van der Waals surface area contributed by atoms with Crippen molar-refractivity contribution in [2.24, 2.45) is 0 Å². The van der Waals surface area contributed by atoms with Gasteiger partial charge in [0.05, 0.1) is 12.0 Å². The molecule has 0 fully saturated rings. The number of benzene rings is 2. The second-order valence-corrected chi connectivity index (χ2v) is 4.91. The van der Waals surface area contributed by atoms with Gasteiger partial charge in [0.1, 0.15) is 0 Å². The van der Waals surface area contributed by atoms with Gasteiger partial charge < -0.3 is 0 Å². The fourth-order valence-electron chi connectivity index (χ4n) is 2.31. The third kappa shape index (κ3) is 3.94. The summed E-state index contributed by atoms with van der Waals surface area (Å²) in [6.45, 7) is 4.75. The van der Waals surface area contributed by atoms with Gasteiger partial charge >= 0.3 is 0 Å². The molecule has 0 saturated carbocycles. The average Bonchev–Trinajstić information content (AvgIpc) is 2.53. The average molecular weight is 264 g/mol. The molecular weight excluding hydrogens is 244 g/mol. The van der Waals surface area contributed by atoms with E-state index in [4.69, 9.17) is 0 Å². The predicted molar refractivity (Wildman–Crippen MR) is 82.2 cm³/mol. The Hall–Kier alpha value is -2.11. The van der Waals surface area contributed by atoms with E-state index in [1.807, 2.05) is 36.4 Å². The maximum absolute atomic E-state index is 9.41. The largest absolute Gasteiger partial charge is 0.298 e. The maximum atomic E-state index is 9.41. The highest BCUT2D eigenvalue weighted by molar-refractivity contribution is 5.25. The number of nitriles is 1. The Kier molecular flexibility index (Phi) is 5.34. The molecule has 0 aliphatic carbocycles. The van der Waals surface area contributed by atoms with Gasteiger partial charge in [0.25, 0.3) is 0 Å². The van der Waals surface area contributed by atoms with Gasteiger partial charge in [-0.2, -0.15) is 5.26 Å². The van der Waals surface area contributed by atoms with Gasteiger partial charge in [-0.25, -0.2) is 0 Å². The van der Waals surface area contributed by atoms with Gasteiger partial charge in [-0.3, -0.25) is 4.90 Å². The van der Waals surface area contributed by atoms with Gasteiger partial charge in [-0.05, 0) is 17.7 Å². The van der Waals surface area contributed by atoms with Gasteiger partial charge in [0.2, 0.25) is 0 Å². The molecule has 0 aliphatic rings. The van der Waals surface area contributed by atoms with Crippen LogP contribution in [0.2, 0.25) is 0 Å². The quantitative estimate of drug-likeness (QED) is 0.793. The van der Waals surface area contributed by atoms with Crippen molar-refractivity contribution in [3.05, 3.63) is 71.8 Å². The molecule has 2 rings (SSSR count). The summed E-state index contributed by atoms with van der Waals surface area (Å²) < 4.78 is 0. The molecule has 0 spiro atoms. The van der Waals surface area contributed by atoms with Crippen molar-refractivity contribution in [2.75, 3.05) is 13.1 Å². The number of nitrogens with zero attached hydrogens (tertiary/aromatic N) is 2. The lowest BCUT2D eigenvalue weighted by Crippen LogP contribution is -2.27. The summed E-state index contributed by atoms with van der Waals surface area (Å²) in [4.78, 5) is 2.32. The summed E-state index contributed by atoms with van der Waals surface area (Å²) in [6.07, 6.45) is 0. The van der Waals surface area contributed by atoms with Crippen LogP contribution in [0.5, 0.6) is 0 Å². The molecule has 2 aromatic rings. The molecule has 1 atom stereocenters. The van der Waals surface area contributed by atoms with Crippen LogP contribution >= 0.6 is 0 Å². The van der Waals surface area contributed by atoms with Crippen LogP contribution in [0.25, 0.3) is 0 Å². The van der Waals surface area contributed by atoms with Crippen molar-refractivity contribution >= 4 is 0 Å². The standard InChI is InChI=1S/C18H20N2/c1-2-20(14-16-9-5-3-6-10-16)15-18(13-19)17-11-7-4-8-12-17/h3-12,18H,2,14-15H2,1H3. The number of rotatable bonds is 6. The van der Waals surface area contributed by atoms with E-state index < -0.39 is 0 Å². The van der Waals surface area contributed by atoms with Crippen molar-refractivity contribution in [3.8, 4) is 6.07 Å². The molecule has 102 valence electrons. The Morgan fingerprint density at radius 2 is 1.60 bits per heavy atom. The number of hydrogen-bond donors (Lipinski definition) is 0. The van der Waals surface area contributed by atoms with E-state index in [1.54, 1.807) is 0 Å². The van der Waals surface area contributed by atoms with E-state index in [2.05, 4.69) is 42.2 Å². The molecule has 0 radical (unpaired) electrons. The second kappa shape index (κ2) is 7.47. The molecule has 1 unspecified atom stereocenters. The van der Waals surface area contributed by atoms with Crippen molar-refractivity contribution < 1.29 is 0 Å². The van der Waals surface area contributed by atoms with Gasteiger partial charge in [-0.1, -0.05) is 67.6 Å². The van der Waals surface area contributed by atoms with Crippen LogP contribution in [0.1, 0.15) is 24.0 Å². The molecule has 0 heterocycles. The van der Waals surface area contributed by atoms with Crippen LogP contribution in [-0.2, 0) is 6.54 Å². The molecule has 20 heavy (non-hydrogen) atoms. The van der Waals surface area contributed by atoms with E-state index in [1.165, 1.54) is 5.56 Å². The van der Waals surface area contributed by atoms with Crippen LogP contribution < -0.4 is 0 Å². The minimum atomic E-state index is -0.0696. The van der Waals surface area contributed by atoms with Crippen LogP contribution in [0, 0.1) is 11.3 Å². The molecule has 0 N–H and O–H groups in total. The molecule has 0 saturated heterocycles. The fraction of sp³-hybridized carbons (Fsp3) is 0.278. The Bertz CT molecular complexity index is 543. The predicted octanol–water partition coefficient (Wildman–Crippen LogP) is 3.82. The summed E-state index contributed by atoms with van der Waals surface area (Å²) in [5.74, 6) is -0.0696. The van der Waals surface area contributed by atoms with Crippen molar-refractivity contribution in [2.45, 2.75) is 19.4 Å². The lowest BCUT2D eigenvalue weighted by Gasteiger charge is -2.23. The van der Waals surface area contributed by atoms with Crippen molar-refractivity contribution in [1.29, 1.82) is 5.26 Å². The summed E-state index contributed by atoms with van der Waals surface area (Å²) in [5.41, 5.74) is 2.39. The molecule has 2 aromatic carbocycles. The van der Waals surface area contributed by atoms with E-state index in [0.29, 0.717) is 0 Å². The van der Waals surface area contributed by atoms with Crippen LogP contribution in [0.4, 0.5) is 0 Å². The zero-order valence-electron chi connectivity index (χ0n) is 11.9. The molecular formula is C18H20N2. The highest BCUT2D eigenvalue weighted by Crippen LogP contribution is 2.17. The lowest BCUT2D eigenvalue weighted by atomic mass is 10.00. The van der Waals surface area contributed by atoms with Gasteiger partial charge in [0.15, 0.2) is 0 Å². The SMILES string of the molecule is CCN(Cc1ccccc1)CC(C#N)c1ccccc1. The Labute approximate surface area is 121 Å². The Balaban J connectivity index is 2.04. The molecule has 0 bridgehead atoms. The topological polar surface area (TPSA) is 27.0 Å². The summed E-state index contributed by atoms with van der Waals surface area (Å²) in [7, 11) is 0. The third-order valence-corrected chi connectivity index (χ3v) is 3.49. The molecule has 0 aromatic heterocycles. The van der Waals surface area contributed by atoms with Gasteiger partial charge in [-0.15, -0.1) is 0 Å². The fourth-order valence-corrected chi connectivity index (χ4v) is 2.31. The lowest BCUT2D eigenvalue weighted by molar-refractivity contribution is 0.274. The maximum Gasteiger partial charge on any atom is 0.0839 e. The van der Waals surface area contributed by atoms with Gasteiger partial charge in [0, 0.05) is 13.1 Å². The van der Waals surface area contributed by atoms with E-state index in [9.17, 15) is 5.26 Å². The molecule has 0 amide bonds. The first kappa shape index (κ1) is 14.3. The number of likely N-dealkylation sites (N-methyl/N-ethyl adjacent to an activating group) is 1. The number of hydrogen-bond acceptors (Lipinski definition) is 2. The Morgan fingerprint density at radius 1 is 1.00 bits per heavy atom. The minimum absolute atomic E-state index is 0.0696. The van der Waals surface area contributed by atoms with Crippen LogP contribution in [0.3, 0.4) is 0 Å². The molecule has 0 aliphatic heterocycles. The highest BCUT2D eigenvalue weighted by Gasteiger charge is 2.14. The summed E-state index contributed by atoms with van der Waals surface area (Å²) in [6, 6.07) is 22.9. The monoisotopic (exact) mass is 264 g/mol. The molecule has 2 nitrogen and oxygen atoms in total. The normalized spacial score (nSPS) is 12.1. The van der Waals surface area contributed by atoms with Crippen LogP contribution in [0.15, 0.2) is 60.7 Å². The van der Waals surface area contributed by atoms with E-state index in [0.717, 1.165) is 25.2 Å². The smallest absolute Gasteiger partial charge is 0.0839 e. The van der Waals surface area contributed by atoms with E-state index in [-0.39, 0.29) is 5.92 Å². The highest BCUT2D eigenvalue weighted by atomic mass is 15.1. The summed E-state index contributed by atoms with van der Waals surface area (Å²) >= 11 is 0. The van der Waals surface area contributed by atoms with E-state index >= 15 is 0 Å². The third-order valence-electron chi connectivity index (χ3n) is 3.49. The first-order valence-corrected chi connectivity index (χ1v) is 7.04. The zero-order chi connectivity index (χ0) is 14.2.